The van der Waals surface area contributed by atoms with Crippen molar-refractivity contribution < 1.29 is 9.47 Å². The Labute approximate surface area is 163 Å². The Morgan fingerprint density at radius 1 is 1.26 bits per heavy atom. The normalized spacial score (nSPS) is 13.4. The molecule has 3 heterocycles. The van der Waals surface area contributed by atoms with E-state index in [1.165, 1.54) is 0 Å². The van der Waals surface area contributed by atoms with Crippen LogP contribution in [0.4, 0.5) is 5.82 Å². The Bertz CT molecular complexity index is 982. The quantitative estimate of drug-likeness (QED) is 0.666. The van der Waals surface area contributed by atoms with E-state index in [1.54, 1.807) is 13.2 Å². The van der Waals surface area contributed by atoms with E-state index in [9.17, 15) is 0 Å². The zero-order valence-electron chi connectivity index (χ0n) is 15.8. The number of ether oxygens (including phenoxy) is 2. The van der Waals surface area contributed by atoms with Gasteiger partial charge in [0.15, 0.2) is 5.65 Å². The minimum Gasteiger partial charge on any atom is -0.497 e. The summed E-state index contributed by atoms with van der Waals surface area (Å²) in [7, 11) is 1.63. The number of hydrogen-bond acceptors (Lipinski definition) is 5. The molecule has 0 unspecified atom stereocenters. The van der Waals surface area contributed by atoms with Gasteiger partial charge in [-0.05, 0) is 31.0 Å². The van der Waals surface area contributed by atoms with Crippen LogP contribution in [-0.2, 0) is 18.0 Å². The number of methoxy groups -OCH3 is 1. The fourth-order valence-electron chi connectivity index (χ4n) is 3.46. The first-order valence-electron chi connectivity index (χ1n) is 9.23. The zero-order chi connectivity index (χ0) is 19.0. The molecule has 2 aromatic heterocycles. The SMILES string of the molecule is CCC(CC)Nc1c2c(nc3c(-c4ccc(OC)cc4Cl)cnn13)COC2. The molecule has 0 saturated heterocycles. The lowest BCUT2D eigenvalue weighted by molar-refractivity contribution is 0.133. The van der Waals surface area contributed by atoms with E-state index in [-0.39, 0.29) is 0 Å². The molecule has 1 N–H and O–H groups in total. The molecule has 0 radical (unpaired) electrons. The summed E-state index contributed by atoms with van der Waals surface area (Å²) < 4.78 is 12.8. The lowest BCUT2D eigenvalue weighted by atomic mass is 10.1. The summed E-state index contributed by atoms with van der Waals surface area (Å²) in [5, 5.41) is 8.88. The Hall–Kier alpha value is -2.31. The lowest BCUT2D eigenvalue weighted by Crippen LogP contribution is -2.21. The van der Waals surface area contributed by atoms with Gasteiger partial charge in [0, 0.05) is 22.7 Å². The molecule has 6 nitrogen and oxygen atoms in total. The van der Waals surface area contributed by atoms with E-state index in [2.05, 4.69) is 24.3 Å². The van der Waals surface area contributed by atoms with Gasteiger partial charge in [-0.1, -0.05) is 25.4 Å². The number of hydrogen-bond donors (Lipinski definition) is 1. The first kappa shape index (κ1) is 18.1. The first-order valence-corrected chi connectivity index (χ1v) is 9.61. The van der Waals surface area contributed by atoms with Crippen LogP contribution in [0.25, 0.3) is 16.8 Å². The number of rotatable bonds is 6. The second-order valence-electron chi connectivity index (χ2n) is 6.68. The van der Waals surface area contributed by atoms with Gasteiger partial charge < -0.3 is 14.8 Å². The minimum absolute atomic E-state index is 0.373. The van der Waals surface area contributed by atoms with Crippen molar-refractivity contribution in [2.45, 2.75) is 45.9 Å². The summed E-state index contributed by atoms with van der Waals surface area (Å²) in [5.41, 5.74) is 4.60. The van der Waals surface area contributed by atoms with E-state index < -0.39 is 0 Å². The van der Waals surface area contributed by atoms with Crippen LogP contribution in [0.15, 0.2) is 24.4 Å². The van der Waals surface area contributed by atoms with Gasteiger partial charge in [-0.25, -0.2) is 4.98 Å². The van der Waals surface area contributed by atoms with Crippen LogP contribution in [0.1, 0.15) is 37.9 Å². The minimum atomic E-state index is 0.373. The smallest absolute Gasteiger partial charge is 0.165 e. The Morgan fingerprint density at radius 3 is 2.78 bits per heavy atom. The van der Waals surface area contributed by atoms with Gasteiger partial charge >= 0.3 is 0 Å². The van der Waals surface area contributed by atoms with Gasteiger partial charge in [0.2, 0.25) is 0 Å². The number of anilines is 1. The van der Waals surface area contributed by atoms with Crippen LogP contribution in [0.2, 0.25) is 5.02 Å². The number of halogens is 1. The average molecular weight is 387 g/mol. The Balaban J connectivity index is 1.88. The maximum absolute atomic E-state index is 6.50. The molecule has 0 fully saturated rings. The lowest BCUT2D eigenvalue weighted by Gasteiger charge is -2.19. The molecule has 1 aromatic carbocycles. The summed E-state index contributed by atoms with van der Waals surface area (Å²) >= 11 is 6.50. The van der Waals surface area contributed by atoms with Crippen molar-refractivity contribution in [2.24, 2.45) is 0 Å². The molecule has 1 aliphatic rings. The highest BCUT2D eigenvalue weighted by atomic mass is 35.5. The van der Waals surface area contributed by atoms with Crippen molar-refractivity contribution in [3.05, 3.63) is 40.7 Å². The zero-order valence-corrected chi connectivity index (χ0v) is 16.5. The number of nitrogens with zero attached hydrogens (tertiary/aromatic N) is 3. The Morgan fingerprint density at radius 2 is 2.07 bits per heavy atom. The number of aromatic nitrogens is 3. The van der Waals surface area contributed by atoms with Crippen molar-refractivity contribution in [3.63, 3.8) is 0 Å². The molecule has 0 spiro atoms. The maximum Gasteiger partial charge on any atom is 0.165 e. The van der Waals surface area contributed by atoms with Gasteiger partial charge in [0.1, 0.15) is 11.6 Å². The van der Waals surface area contributed by atoms with Crippen molar-refractivity contribution in [3.8, 4) is 16.9 Å². The van der Waals surface area contributed by atoms with Crippen LogP contribution in [0.3, 0.4) is 0 Å². The largest absolute Gasteiger partial charge is 0.497 e. The predicted octanol–water partition coefficient (Wildman–Crippen LogP) is 4.69. The van der Waals surface area contributed by atoms with Gasteiger partial charge in [0.05, 0.1) is 37.2 Å². The third-order valence-corrected chi connectivity index (χ3v) is 5.42. The molecule has 1 aliphatic heterocycles. The van der Waals surface area contributed by atoms with Crippen LogP contribution < -0.4 is 10.1 Å². The molecule has 4 rings (SSSR count). The fraction of sp³-hybridized carbons (Fsp3) is 0.400. The van der Waals surface area contributed by atoms with Crippen molar-refractivity contribution in [1.29, 1.82) is 0 Å². The van der Waals surface area contributed by atoms with E-state index >= 15 is 0 Å². The number of fused-ring (bicyclic) bond motifs is 2. The molecular formula is C20H23ClN4O2. The topological polar surface area (TPSA) is 60.7 Å². The maximum atomic E-state index is 6.50. The molecule has 0 amide bonds. The fourth-order valence-corrected chi connectivity index (χ4v) is 3.73. The van der Waals surface area contributed by atoms with Gasteiger partial charge in [-0.15, -0.1) is 0 Å². The molecule has 0 atom stereocenters. The molecule has 7 heteroatoms. The first-order chi connectivity index (χ1) is 13.2. The van der Waals surface area contributed by atoms with E-state index in [4.69, 9.17) is 26.1 Å². The average Bonchev–Trinajstić information content (AvgIpc) is 3.32. The van der Waals surface area contributed by atoms with Crippen LogP contribution in [0.5, 0.6) is 5.75 Å². The molecule has 0 bridgehead atoms. The molecule has 27 heavy (non-hydrogen) atoms. The highest BCUT2D eigenvalue weighted by Crippen LogP contribution is 2.36. The molecular weight excluding hydrogens is 364 g/mol. The standard InChI is InChI=1S/C20H23ClN4O2/c1-4-12(5-2)23-20-16-10-27-11-18(16)24-19-15(9-22-25(19)20)14-7-6-13(26-3)8-17(14)21/h6-9,12,23H,4-5,10-11H2,1-3H3. The van der Waals surface area contributed by atoms with Crippen molar-refractivity contribution in [2.75, 3.05) is 12.4 Å². The number of nitrogens with one attached hydrogen (secondary N) is 1. The van der Waals surface area contributed by atoms with Crippen LogP contribution in [0, 0.1) is 0 Å². The predicted molar refractivity (Wildman–Crippen MR) is 106 cm³/mol. The summed E-state index contributed by atoms with van der Waals surface area (Å²) in [6.07, 6.45) is 3.90. The molecule has 0 aliphatic carbocycles. The number of benzene rings is 1. The summed E-state index contributed by atoms with van der Waals surface area (Å²) in [6.45, 7) is 5.44. The third kappa shape index (κ3) is 3.13. The highest BCUT2D eigenvalue weighted by Gasteiger charge is 2.24. The van der Waals surface area contributed by atoms with Gasteiger partial charge in [0.25, 0.3) is 0 Å². The summed E-state index contributed by atoms with van der Waals surface area (Å²) in [4.78, 5) is 4.84. The second kappa shape index (κ2) is 7.37. The second-order valence-corrected chi connectivity index (χ2v) is 7.08. The molecule has 142 valence electrons. The van der Waals surface area contributed by atoms with Crippen molar-refractivity contribution in [1.82, 2.24) is 14.6 Å². The summed E-state index contributed by atoms with van der Waals surface area (Å²) in [6, 6.07) is 6.01. The molecule has 0 saturated carbocycles. The van der Waals surface area contributed by atoms with E-state index in [0.29, 0.717) is 24.3 Å². The summed E-state index contributed by atoms with van der Waals surface area (Å²) in [5.74, 6) is 1.69. The van der Waals surface area contributed by atoms with Crippen LogP contribution in [-0.4, -0.2) is 27.7 Å². The van der Waals surface area contributed by atoms with Crippen LogP contribution >= 0.6 is 11.6 Å². The van der Waals surface area contributed by atoms with E-state index in [1.807, 2.05) is 22.8 Å². The monoisotopic (exact) mass is 386 g/mol. The highest BCUT2D eigenvalue weighted by molar-refractivity contribution is 6.33. The van der Waals surface area contributed by atoms with Crippen molar-refractivity contribution >= 4 is 23.1 Å². The van der Waals surface area contributed by atoms with E-state index in [0.717, 1.165) is 52.4 Å². The Kier molecular flexibility index (Phi) is 4.93. The van der Waals surface area contributed by atoms with Gasteiger partial charge in [-0.3, -0.25) is 0 Å². The molecule has 3 aromatic rings. The van der Waals surface area contributed by atoms with Gasteiger partial charge in [-0.2, -0.15) is 9.61 Å². The third-order valence-electron chi connectivity index (χ3n) is 5.11.